The predicted molar refractivity (Wildman–Crippen MR) is 41.6 cm³/mol. The van der Waals surface area contributed by atoms with Gasteiger partial charge in [-0.05, 0) is 25.2 Å². The minimum atomic E-state index is -0.860. The molecule has 1 fully saturated rings. The Hall–Kier alpha value is -0.610. The first-order valence-corrected chi connectivity index (χ1v) is 4.16. The Morgan fingerprint density at radius 1 is 1.17 bits per heavy atom. The Kier molecular flexibility index (Phi) is 3.05. The van der Waals surface area contributed by atoms with Crippen LogP contribution < -0.4 is 0 Å². The van der Waals surface area contributed by atoms with Crippen LogP contribution in [-0.4, -0.2) is 33.5 Å². The average Bonchev–Trinajstić information content (AvgIpc) is 1.81. The van der Waals surface area contributed by atoms with Crippen LogP contribution in [0.25, 0.3) is 0 Å². The van der Waals surface area contributed by atoms with Crippen molar-refractivity contribution in [2.45, 2.75) is 37.9 Å². The first-order chi connectivity index (χ1) is 5.58. The molecule has 0 aromatic rings. The van der Waals surface area contributed by atoms with Gasteiger partial charge in [-0.2, -0.15) is 0 Å². The monoisotopic (exact) mass is 174 g/mol. The third-order valence-corrected chi connectivity index (χ3v) is 2.22. The van der Waals surface area contributed by atoms with Gasteiger partial charge in [0.15, 0.2) is 0 Å². The second-order valence-electron chi connectivity index (χ2n) is 3.48. The molecule has 4 nitrogen and oxygen atoms in total. The van der Waals surface area contributed by atoms with Crippen molar-refractivity contribution in [3.05, 3.63) is 0 Å². The third-order valence-electron chi connectivity index (χ3n) is 2.22. The van der Waals surface area contributed by atoms with Gasteiger partial charge >= 0.3 is 5.97 Å². The lowest BCUT2D eigenvalue weighted by Gasteiger charge is -2.28. The molecule has 1 rings (SSSR count). The van der Waals surface area contributed by atoms with Crippen LogP contribution >= 0.6 is 0 Å². The molecule has 0 aliphatic heterocycles. The Balaban J connectivity index is 2.38. The van der Waals surface area contributed by atoms with E-state index in [1.807, 2.05) is 0 Å². The van der Waals surface area contributed by atoms with E-state index in [0.29, 0.717) is 19.3 Å². The smallest absolute Gasteiger partial charge is 0.303 e. The number of carboxylic acid groups (broad SMARTS) is 1. The molecule has 0 bridgehead atoms. The van der Waals surface area contributed by atoms with E-state index in [4.69, 9.17) is 5.11 Å². The largest absolute Gasteiger partial charge is 0.481 e. The number of carboxylic acids is 1. The van der Waals surface area contributed by atoms with Gasteiger partial charge in [-0.15, -0.1) is 0 Å². The highest BCUT2D eigenvalue weighted by molar-refractivity contribution is 5.67. The second kappa shape index (κ2) is 3.87. The van der Waals surface area contributed by atoms with E-state index in [-0.39, 0.29) is 12.3 Å². The van der Waals surface area contributed by atoms with E-state index in [9.17, 15) is 15.0 Å². The first-order valence-electron chi connectivity index (χ1n) is 4.16. The fourth-order valence-electron chi connectivity index (χ4n) is 1.79. The molecule has 70 valence electrons. The van der Waals surface area contributed by atoms with Crippen LogP contribution in [0.4, 0.5) is 0 Å². The molecule has 1 aliphatic carbocycles. The SMILES string of the molecule is O=C(O)CC1CC(O)CC(O)C1. The highest BCUT2D eigenvalue weighted by Crippen LogP contribution is 2.26. The lowest BCUT2D eigenvalue weighted by molar-refractivity contribution is -0.139. The van der Waals surface area contributed by atoms with Gasteiger partial charge < -0.3 is 15.3 Å². The van der Waals surface area contributed by atoms with Crippen LogP contribution in [0.15, 0.2) is 0 Å². The average molecular weight is 174 g/mol. The summed E-state index contributed by atoms with van der Waals surface area (Å²) in [6, 6.07) is 0. The van der Waals surface area contributed by atoms with Gasteiger partial charge in [-0.3, -0.25) is 4.79 Å². The molecule has 2 atom stereocenters. The molecule has 0 aromatic carbocycles. The lowest BCUT2D eigenvalue weighted by Crippen LogP contribution is -2.30. The Morgan fingerprint density at radius 2 is 1.67 bits per heavy atom. The molecule has 3 N–H and O–H groups in total. The highest BCUT2D eigenvalue weighted by Gasteiger charge is 2.27. The molecular weight excluding hydrogens is 160 g/mol. The van der Waals surface area contributed by atoms with E-state index < -0.39 is 18.2 Å². The van der Waals surface area contributed by atoms with Crippen molar-refractivity contribution in [1.82, 2.24) is 0 Å². The summed E-state index contributed by atoms with van der Waals surface area (Å²) in [5, 5.41) is 26.9. The Bertz CT molecular complexity index is 158. The first kappa shape index (κ1) is 9.48. The summed E-state index contributed by atoms with van der Waals surface area (Å²) in [6.07, 6.45) is 0.382. The zero-order valence-corrected chi connectivity index (χ0v) is 6.81. The number of carbonyl (C=O) groups is 1. The van der Waals surface area contributed by atoms with E-state index in [0.717, 1.165) is 0 Å². The maximum atomic E-state index is 10.3. The summed E-state index contributed by atoms with van der Waals surface area (Å²) in [7, 11) is 0. The zero-order valence-electron chi connectivity index (χ0n) is 6.81. The van der Waals surface area contributed by atoms with Gasteiger partial charge in [0, 0.05) is 6.42 Å². The maximum absolute atomic E-state index is 10.3. The van der Waals surface area contributed by atoms with Gasteiger partial charge in [0.05, 0.1) is 12.2 Å². The van der Waals surface area contributed by atoms with Crippen LogP contribution in [0.5, 0.6) is 0 Å². The number of aliphatic hydroxyl groups is 2. The van der Waals surface area contributed by atoms with Crippen molar-refractivity contribution >= 4 is 5.97 Å². The summed E-state index contributed by atoms with van der Waals surface area (Å²) < 4.78 is 0. The van der Waals surface area contributed by atoms with Crippen molar-refractivity contribution in [2.24, 2.45) is 5.92 Å². The molecule has 0 heterocycles. The van der Waals surface area contributed by atoms with Gasteiger partial charge in [-0.1, -0.05) is 0 Å². The zero-order chi connectivity index (χ0) is 9.14. The number of hydrogen-bond donors (Lipinski definition) is 3. The molecule has 0 amide bonds. The van der Waals surface area contributed by atoms with E-state index in [1.165, 1.54) is 0 Å². The molecule has 1 saturated carbocycles. The van der Waals surface area contributed by atoms with Crippen LogP contribution in [0.3, 0.4) is 0 Å². The summed E-state index contributed by atoms with van der Waals surface area (Å²) in [5.41, 5.74) is 0. The molecule has 0 spiro atoms. The van der Waals surface area contributed by atoms with E-state index >= 15 is 0 Å². The quantitative estimate of drug-likeness (QED) is 0.550. The lowest BCUT2D eigenvalue weighted by atomic mass is 9.83. The number of rotatable bonds is 2. The van der Waals surface area contributed by atoms with Crippen molar-refractivity contribution in [2.75, 3.05) is 0 Å². The van der Waals surface area contributed by atoms with Crippen LogP contribution in [0, 0.1) is 5.92 Å². The molecule has 2 unspecified atom stereocenters. The van der Waals surface area contributed by atoms with Crippen LogP contribution in [-0.2, 0) is 4.79 Å². The number of aliphatic hydroxyl groups excluding tert-OH is 2. The standard InChI is InChI=1S/C8H14O4/c9-6-1-5(3-8(11)12)2-7(10)4-6/h5-7,9-10H,1-4H2,(H,11,12). The minimum absolute atomic E-state index is 0.0497. The number of aliphatic carboxylic acids is 1. The van der Waals surface area contributed by atoms with Crippen molar-refractivity contribution in [3.8, 4) is 0 Å². The number of hydrogen-bond acceptors (Lipinski definition) is 3. The highest BCUT2D eigenvalue weighted by atomic mass is 16.4. The molecule has 0 aromatic heterocycles. The van der Waals surface area contributed by atoms with Crippen molar-refractivity contribution in [1.29, 1.82) is 0 Å². The van der Waals surface area contributed by atoms with Crippen LogP contribution in [0.1, 0.15) is 25.7 Å². The molecule has 1 aliphatic rings. The Morgan fingerprint density at radius 3 is 2.08 bits per heavy atom. The predicted octanol–water partition coefficient (Wildman–Crippen LogP) is -0.0170. The van der Waals surface area contributed by atoms with Crippen molar-refractivity contribution in [3.63, 3.8) is 0 Å². The summed E-state index contributed by atoms with van der Waals surface area (Å²) in [4.78, 5) is 10.3. The van der Waals surface area contributed by atoms with E-state index in [1.54, 1.807) is 0 Å². The molecule has 0 saturated heterocycles. The summed E-state index contributed by atoms with van der Waals surface area (Å²) in [6.45, 7) is 0. The maximum Gasteiger partial charge on any atom is 0.303 e. The molecule has 0 radical (unpaired) electrons. The second-order valence-corrected chi connectivity index (χ2v) is 3.48. The fourth-order valence-corrected chi connectivity index (χ4v) is 1.79. The fraction of sp³-hybridized carbons (Fsp3) is 0.875. The van der Waals surface area contributed by atoms with Gasteiger partial charge in [-0.25, -0.2) is 0 Å². The molecular formula is C8H14O4. The normalized spacial score (nSPS) is 36.3. The third kappa shape index (κ3) is 2.79. The molecule has 12 heavy (non-hydrogen) atoms. The topological polar surface area (TPSA) is 77.8 Å². The summed E-state index contributed by atoms with van der Waals surface area (Å²) in [5.74, 6) is -0.928. The minimum Gasteiger partial charge on any atom is -0.481 e. The molecule has 4 heteroatoms. The summed E-state index contributed by atoms with van der Waals surface area (Å²) >= 11 is 0. The Labute approximate surface area is 70.8 Å². The van der Waals surface area contributed by atoms with Gasteiger partial charge in [0.25, 0.3) is 0 Å². The van der Waals surface area contributed by atoms with Gasteiger partial charge in [0.1, 0.15) is 0 Å². The van der Waals surface area contributed by atoms with E-state index in [2.05, 4.69) is 0 Å². The van der Waals surface area contributed by atoms with Crippen molar-refractivity contribution < 1.29 is 20.1 Å². The van der Waals surface area contributed by atoms with Crippen LogP contribution in [0.2, 0.25) is 0 Å². The van der Waals surface area contributed by atoms with Gasteiger partial charge in [0.2, 0.25) is 0 Å².